The van der Waals surface area contributed by atoms with Crippen molar-refractivity contribution in [3.05, 3.63) is 66.2 Å². The molecule has 1 aromatic heterocycles. The predicted molar refractivity (Wildman–Crippen MR) is 107 cm³/mol. The number of rotatable bonds is 4. The highest BCUT2D eigenvalue weighted by Crippen LogP contribution is 2.47. The second kappa shape index (κ2) is 6.86. The van der Waals surface area contributed by atoms with Gasteiger partial charge in [-0.15, -0.1) is 0 Å². The number of fused-ring (bicyclic) bond motifs is 1. The first kappa shape index (κ1) is 17.8. The fourth-order valence-electron chi connectivity index (χ4n) is 3.73. The minimum Gasteiger partial charge on any atom is -0.447 e. The van der Waals surface area contributed by atoms with Crippen molar-refractivity contribution in [3.63, 3.8) is 0 Å². The molecule has 1 aliphatic rings. The van der Waals surface area contributed by atoms with E-state index < -0.39 is 0 Å². The van der Waals surface area contributed by atoms with E-state index in [2.05, 4.69) is 26.0 Å². The van der Waals surface area contributed by atoms with Crippen LogP contribution in [0.25, 0.3) is 16.9 Å². The lowest BCUT2D eigenvalue weighted by Gasteiger charge is -2.36. The Bertz CT molecular complexity index is 914. The van der Waals surface area contributed by atoms with Gasteiger partial charge < -0.3 is 9.47 Å². The smallest absolute Gasteiger partial charge is 0.223 e. The Hall–Kier alpha value is -2.59. The van der Waals surface area contributed by atoms with Gasteiger partial charge >= 0.3 is 0 Å². The van der Waals surface area contributed by atoms with Crippen molar-refractivity contribution in [2.24, 2.45) is 0 Å². The van der Waals surface area contributed by atoms with E-state index in [0.717, 1.165) is 34.8 Å². The van der Waals surface area contributed by atoms with Crippen LogP contribution < -0.4 is 4.74 Å². The first-order chi connectivity index (χ1) is 13.0. The van der Waals surface area contributed by atoms with Crippen LogP contribution in [0.5, 0.6) is 5.88 Å². The summed E-state index contributed by atoms with van der Waals surface area (Å²) in [4.78, 5) is 0. The van der Waals surface area contributed by atoms with Crippen LogP contribution in [0, 0.1) is 0 Å². The summed E-state index contributed by atoms with van der Waals surface area (Å²) in [5.74, 6) is 0.780. The number of ether oxygens (including phenoxy) is 2. The Labute approximate surface area is 160 Å². The zero-order chi connectivity index (χ0) is 19.0. The van der Waals surface area contributed by atoms with Crippen molar-refractivity contribution in [2.45, 2.75) is 51.9 Å². The van der Waals surface area contributed by atoms with E-state index in [1.54, 1.807) is 0 Å². The van der Waals surface area contributed by atoms with Gasteiger partial charge in [-0.1, -0.05) is 62.4 Å². The van der Waals surface area contributed by atoms with Crippen LogP contribution in [-0.2, 0) is 10.2 Å². The fraction of sp³-hybridized carbons (Fsp3) is 0.348. The Morgan fingerprint density at radius 1 is 1.04 bits per heavy atom. The van der Waals surface area contributed by atoms with Crippen molar-refractivity contribution in [3.8, 4) is 22.8 Å². The van der Waals surface area contributed by atoms with E-state index in [1.807, 2.05) is 67.1 Å². The Morgan fingerprint density at radius 3 is 2.30 bits per heavy atom. The second-order valence-corrected chi connectivity index (χ2v) is 7.96. The van der Waals surface area contributed by atoms with Crippen LogP contribution in [0.3, 0.4) is 0 Å². The molecule has 0 radical (unpaired) electrons. The van der Waals surface area contributed by atoms with Gasteiger partial charge in [-0.2, -0.15) is 5.10 Å². The monoisotopic (exact) mass is 362 g/mol. The molecule has 0 bridgehead atoms. The molecule has 27 heavy (non-hydrogen) atoms. The van der Waals surface area contributed by atoms with Gasteiger partial charge in [0.05, 0.1) is 11.8 Å². The topological polar surface area (TPSA) is 36.3 Å². The van der Waals surface area contributed by atoms with E-state index in [0.29, 0.717) is 0 Å². The average molecular weight is 362 g/mol. The third-order valence-corrected chi connectivity index (χ3v) is 4.91. The molecule has 3 aromatic rings. The maximum absolute atomic E-state index is 6.34. The molecule has 1 aliphatic heterocycles. The molecule has 1 unspecified atom stereocenters. The fourth-order valence-corrected chi connectivity index (χ4v) is 3.73. The number of aromatic nitrogens is 2. The van der Waals surface area contributed by atoms with Crippen LogP contribution >= 0.6 is 0 Å². The van der Waals surface area contributed by atoms with E-state index in [-0.39, 0.29) is 17.8 Å². The maximum Gasteiger partial charge on any atom is 0.223 e. The summed E-state index contributed by atoms with van der Waals surface area (Å²) in [5.41, 5.74) is 4.08. The van der Waals surface area contributed by atoms with Crippen molar-refractivity contribution in [1.29, 1.82) is 0 Å². The summed E-state index contributed by atoms with van der Waals surface area (Å²) in [6.07, 6.45) is 0.614. The van der Waals surface area contributed by atoms with Gasteiger partial charge in [-0.25, -0.2) is 4.68 Å². The lowest BCUT2D eigenvalue weighted by molar-refractivity contribution is -0.131. The van der Waals surface area contributed by atoms with Gasteiger partial charge in [-0.3, -0.25) is 0 Å². The molecule has 0 saturated carbocycles. The van der Waals surface area contributed by atoms with Gasteiger partial charge in [-0.05, 0) is 26.0 Å². The summed E-state index contributed by atoms with van der Waals surface area (Å²) >= 11 is 0. The highest BCUT2D eigenvalue weighted by Gasteiger charge is 2.41. The molecule has 0 amide bonds. The number of para-hydroxylation sites is 1. The summed E-state index contributed by atoms with van der Waals surface area (Å²) in [7, 11) is 0. The molecule has 4 rings (SSSR count). The minimum atomic E-state index is -0.282. The lowest BCUT2D eigenvalue weighted by atomic mass is 9.78. The van der Waals surface area contributed by atoms with Crippen molar-refractivity contribution in [2.75, 3.05) is 0 Å². The summed E-state index contributed by atoms with van der Waals surface area (Å²) < 4.78 is 14.3. The van der Waals surface area contributed by atoms with Crippen LogP contribution in [0.4, 0.5) is 0 Å². The molecule has 2 heterocycles. The molecule has 0 aliphatic carbocycles. The standard InChI is InChI=1S/C23H26N2O2/c1-16(2)26-19-15-23(3,4)20-21(17-11-7-5-8-12-17)24-25(22(20)27-19)18-13-9-6-10-14-18/h5-14,16,19H,15H2,1-4H3. The normalized spacial score (nSPS) is 18.2. The maximum atomic E-state index is 6.34. The Morgan fingerprint density at radius 2 is 1.67 bits per heavy atom. The minimum absolute atomic E-state index is 0.106. The molecular formula is C23H26N2O2. The molecule has 4 heteroatoms. The highest BCUT2D eigenvalue weighted by atomic mass is 16.7. The first-order valence-electron chi connectivity index (χ1n) is 9.52. The van der Waals surface area contributed by atoms with Gasteiger partial charge in [0.1, 0.15) is 5.69 Å². The molecular weight excluding hydrogens is 336 g/mol. The third-order valence-electron chi connectivity index (χ3n) is 4.91. The molecule has 4 nitrogen and oxygen atoms in total. The van der Waals surface area contributed by atoms with Crippen LogP contribution in [0.1, 0.15) is 39.7 Å². The number of hydrogen-bond acceptors (Lipinski definition) is 3. The Kier molecular flexibility index (Phi) is 4.52. The van der Waals surface area contributed by atoms with Crippen LogP contribution in [0.15, 0.2) is 60.7 Å². The van der Waals surface area contributed by atoms with E-state index >= 15 is 0 Å². The molecule has 0 fully saturated rings. The van der Waals surface area contributed by atoms with E-state index in [9.17, 15) is 0 Å². The van der Waals surface area contributed by atoms with Gasteiger partial charge in [0.15, 0.2) is 0 Å². The first-order valence-corrected chi connectivity index (χ1v) is 9.52. The van der Waals surface area contributed by atoms with E-state index in [4.69, 9.17) is 14.6 Å². The summed E-state index contributed by atoms with van der Waals surface area (Å²) in [6, 6.07) is 20.5. The number of hydrogen-bond donors (Lipinski definition) is 0. The second-order valence-electron chi connectivity index (χ2n) is 7.96. The molecule has 2 aromatic carbocycles. The Balaban J connectivity index is 1.91. The zero-order valence-corrected chi connectivity index (χ0v) is 16.3. The summed E-state index contributed by atoms with van der Waals surface area (Å²) in [5, 5.41) is 4.98. The van der Waals surface area contributed by atoms with Crippen LogP contribution in [-0.4, -0.2) is 22.2 Å². The molecule has 1 atom stereocenters. The molecule has 140 valence electrons. The quantitative estimate of drug-likeness (QED) is 0.628. The molecule has 0 saturated heterocycles. The van der Waals surface area contributed by atoms with Gasteiger partial charge in [0.25, 0.3) is 0 Å². The average Bonchev–Trinajstić information content (AvgIpc) is 3.03. The molecule has 0 spiro atoms. The highest BCUT2D eigenvalue weighted by molar-refractivity contribution is 5.68. The predicted octanol–water partition coefficient (Wildman–Crippen LogP) is 5.35. The van der Waals surface area contributed by atoms with Crippen molar-refractivity contribution in [1.82, 2.24) is 9.78 Å². The van der Waals surface area contributed by atoms with Gasteiger partial charge in [0.2, 0.25) is 12.2 Å². The van der Waals surface area contributed by atoms with Crippen molar-refractivity contribution < 1.29 is 9.47 Å². The molecule has 0 N–H and O–H groups in total. The third kappa shape index (κ3) is 3.37. The van der Waals surface area contributed by atoms with Crippen LogP contribution in [0.2, 0.25) is 0 Å². The van der Waals surface area contributed by atoms with E-state index in [1.165, 1.54) is 0 Å². The number of benzene rings is 2. The SMILES string of the molecule is CC(C)OC1CC(C)(C)c2c(-c3ccccc3)nn(-c3ccccc3)c2O1. The zero-order valence-electron chi connectivity index (χ0n) is 16.3. The lowest BCUT2D eigenvalue weighted by Crippen LogP contribution is -2.37. The van der Waals surface area contributed by atoms with Gasteiger partial charge in [0, 0.05) is 23.0 Å². The number of nitrogens with zero attached hydrogens (tertiary/aromatic N) is 2. The largest absolute Gasteiger partial charge is 0.447 e. The van der Waals surface area contributed by atoms with Crippen molar-refractivity contribution >= 4 is 0 Å². The summed E-state index contributed by atoms with van der Waals surface area (Å²) in [6.45, 7) is 8.56.